The average molecular weight is 369 g/mol. The summed E-state index contributed by atoms with van der Waals surface area (Å²) in [4.78, 5) is 4.21. The third kappa shape index (κ3) is 4.06. The molecule has 0 aliphatic carbocycles. The topological polar surface area (TPSA) is 75.9 Å². The second-order valence-corrected chi connectivity index (χ2v) is 8.12. The van der Waals surface area contributed by atoms with Gasteiger partial charge < -0.3 is 9.15 Å². The molecule has 1 unspecified atom stereocenters. The van der Waals surface area contributed by atoms with Crippen molar-refractivity contribution in [2.75, 3.05) is 33.8 Å². The van der Waals surface area contributed by atoms with E-state index in [0.717, 1.165) is 5.56 Å². The van der Waals surface area contributed by atoms with Crippen molar-refractivity contribution in [1.29, 1.82) is 0 Å². The van der Waals surface area contributed by atoms with Crippen molar-refractivity contribution in [3.05, 3.63) is 53.5 Å². The fourth-order valence-corrected chi connectivity index (χ4v) is 3.66. The largest absolute Gasteiger partial charge is 0.442 e. The van der Waals surface area contributed by atoms with Crippen LogP contribution in [-0.2, 0) is 21.4 Å². The van der Waals surface area contributed by atoms with Crippen LogP contribution in [0.2, 0.25) is 0 Å². The number of ether oxygens (including phenoxy) is 1. The van der Waals surface area contributed by atoms with Crippen LogP contribution in [0.5, 0.6) is 0 Å². The molecule has 1 aromatic carbocycles. The smallest absolute Gasteiger partial charge is 0.281 e. The van der Waals surface area contributed by atoms with Crippen LogP contribution < -0.4 is 0 Å². The maximum Gasteiger partial charge on any atom is 0.281 e. The lowest BCUT2D eigenvalue weighted by atomic mass is 10.1. The lowest BCUT2D eigenvalue weighted by Gasteiger charge is -2.32. The molecule has 0 radical (unpaired) electrons. The third-order valence-electron chi connectivity index (χ3n) is 3.96. The van der Waals surface area contributed by atoms with Gasteiger partial charge in [-0.3, -0.25) is 0 Å². The van der Waals surface area contributed by atoms with Gasteiger partial charge in [0.05, 0.1) is 19.3 Å². The van der Waals surface area contributed by atoms with E-state index in [4.69, 9.17) is 9.15 Å². The average Bonchev–Trinajstić information content (AvgIpc) is 3.05. The van der Waals surface area contributed by atoms with Crippen molar-refractivity contribution in [3.8, 4) is 0 Å². The van der Waals surface area contributed by atoms with E-state index in [1.807, 2.05) is 0 Å². The molecule has 7 nitrogen and oxygen atoms in total. The monoisotopic (exact) mass is 369 g/mol. The van der Waals surface area contributed by atoms with Gasteiger partial charge >= 0.3 is 0 Å². The minimum atomic E-state index is -3.50. The molecule has 0 bridgehead atoms. The summed E-state index contributed by atoms with van der Waals surface area (Å²) in [6, 6.07) is 6.14. The molecule has 1 fully saturated rings. The number of benzene rings is 1. The fraction of sp³-hybridized carbons (Fsp3) is 0.438. The first kappa shape index (κ1) is 18.0. The maximum atomic E-state index is 13.0. The quantitative estimate of drug-likeness (QED) is 0.800. The van der Waals surface area contributed by atoms with Crippen LogP contribution in [0, 0.1) is 5.82 Å². The van der Waals surface area contributed by atoms with Crippen LogP contribution in [0.4, 0.5) is 4.39 Å². The van der Waals surface area contributed by atoms with E-state index in [1.165, 1.54) is 34.8 Å². The molecule has 2 heterocycles. The Morgan fingerprint density at radius 2 is 2.04 bits per heavy atom. The minimum Gasteiger partial charge on any atom is -0.442 e. The second-order valence-electron chi connectivity index (χ2n) is 5.98. The minimum absolute atomic E-state index is 0.150. The predicted molar refractivity (Wildman–Crippen MR) is 88.6 cm³/mol. The highest BCUT2D eigenvalue weighted by Gasteiger charge is 2.33. The van der Waals surface area contributed by atoms with E-state index in [9.17, 15) is 12.8 Å². The first-order valence-electron chi connectivity index (χ1n) is 7.84. The third-order valence-corrected chi connectivity index (χ3v) is 5.86. The summed E-state index contributed by atoms with van der Waals surface area (Å²) in [6.07, 6.45) is 1.51. The number of nitrogens with zero attached hydrogens (tertiary/aromatic N) is 3. The van der Waals surface area contributed by atoms with Gasteiger partial charge in [0.2, 0.25) is 5.89 Å². The van der Waals surface area contributed by atoms with Crippen LogP contribution in [-0.4, -0.2) is 55.8 Å². The van der Waals surface area contributed by atoms with Gasteiger partial charge in [-0.15, -0.1) is 0 Å². The number of rotatable bonds is 5. The number of aromatic nitrogens is 1. The molecule has 3 rings (SSSR count). The van der Waals surface area contributed by atoms with Gasteiger partial charge in [-0.2, -0.15) is 17.0 Å². The zero-order valence-corrected chi connectivity index (χ0v) is 14.9. The van der Waals surface area contributed by atoms with E-state index >= 15 is 0 Å². The Hall–Kier alpha value is -1.81. The van der Waals surface area contributed by atoms with Crippen LogP contribution in [0.15, 0.2) is 34.9 Å². The van der Waals surface area contributed by atoms with Gasteiger partial charge in [-0.05, 0) is 17.7 Å². The molecule has 1 aliphatic heterocycles. The molecular formula is C16H20FN3O4S. The highest BCUT2D eigenvalue weighted by molar-refractivity contribution is 7.86. The lowest BCUT2D eigenvalue weighted by molar-refractivity contribution is -0.0188. The summed E-state index contributed by atoms with van der Waals surface area (Å²) in [5, 5.41) is 0. The fourth-order valence-electron chi connectivity index (χ4n) is 2.57. The van der Waals surface area contributed by atoms with Crippen LogP contribution in [0.25, 0.3) is 0 Å². The number of hydrogen-bond donors (Lipinski definition) is 0. The Morgan fingerprint density at radius 1 is 1.32 bits per heavy atom. The van der Waals surface area contributed by atoms with E-state index in [-0.39, 0.29) is 19.0 Å². The normalized spacial score (nSPS) is 19.4. The van der Waals surface area contributed by atoms with Gasteiger partial charge in [0.25, 0.3) is 10.2 Å². The Labute approximate surface area is 146 Å². The number of morpholine rings is 1. The van der Waals surface area contributed by atoms with Crippen molar-refractivity contribution in [1.82, 2.24) is 13.6 Å². The van der Waals surface area contributed by atoms with Crippen LogP contribution in [0.3, 0.4) is 0 Å². The van der Waals surface area contributed by atoms with Gasteiger partial charge in [0.1, 0.15) is 17.7 Å². The van der Waals surface area contributed by atoms with Crippen LogP contribution >= 0.6 is 0 Å². The van der Waals surface area contributed by atoms with Crippen molar-refractivity contribution in [3.63, 3.8) is 0 Å². The first-order valence-corrected chi connectivity index (χ1v) is 9.24. The first-order chi connectivity index (χ1) is 11.9. The second kappa shape index (κ2) is 7.20. The highest BCUT2D eigenvalue weighted by atomic mass is 32.2. The molecule has 2 aromatic rings. The Morgan fingerprint density at radius 3 is 2.72 bits per heavy atom. The SMILES string of the molecule is CN(C)S(=O)(=O)N1CCOC(c2ncc(Cc3ccc(F)cc3)o2)C1. The summed E-state index contributed by atoms with van der Waals surface area (Å²) in [6.45, 7) is 0.713. The molecule has 1 aromatic heterocycles. The molecular weight excluding hydrogens is 349 g/mol. The molecule has 0 spiro atoms. The molecule has 0 amide bonds. The van der Waals surface area contributed by atoms with Gasteiger partial charge in [-0.1, -0.05) is 12.1 Å². The molecule has 0 saturated carbocycles. The zero-order valence-electron chi connectivity index (χ0n) is 14.1. The van der Waals surface area contributed by atoms with E-state index in [2.05, 4.69) is 4.98 Å². The Balaban J connectivity index is 1.70. The Kier molecular flexibility index (Phi) is 5.19. The van der Waals surface area contributed by atoms with E-state index in [0.29, 0.717) is 24.6 Å². The Bertz CT molecular complexity index is 820. The molecule has 1 saturated heterocycles. The van der Waals surface area contributed by atoms with E-state index in [1.54, 1.807) is 18.3 Å². The lowest BCUT2D eigenvalue weighted by Crippen LogP contribution is -2.47. The molecule has 0 N–H and O–H groups in total. The summed E-state index contributed by atoms with van der Waals surface area (Å²) in [5.74, 6) is 0.661. The molecule has 9 heteroatoms. The molecule has 25 heavy (non-hydrogen) atoms. The molecule has 1 aliphatic rings. The summed E-state index contributed by atoms with van der Waals surface area (Å²) in [7, 11) is -0.521. The van der Waals surface area contributed by atoms with E-state index < -0.39 is 16.3 Å². The van der Waals surface area contributed by atoms with Gasteiger partial charge in [0.15, 0.2) is 0 Å². The zero-order chi connectivity index (χ0) is 18.0. The number of hydrogen-bond acceptors (Lipinski definition) is 5. The summed E-state index contributed by atoms with van der Waals surface area (Å²) in [5.41, 5.74) is 0.894. The van der Waals surface area contributed by atoms with Crippen molar-refractivity contribution in [2.45, 2.75) is 12.5 Å². The molecule has 1 atom stereocenters. The number of halogens is 1. The van der Waals surface area contributed by atoms with Gasteiger partial charge in [-0.25, -0.2) is 9.37 Å². The summed E-state index contributed by atoms with van der Waals surface area (Å²) >= 11 is 0. The highest BCUT2D eigenvalue weighted by Crippen LogP contribution is 2.25. The summed E-state index contributed by atoms with van der Waals surface area (Å²) < 4.78 is 51.3. The number of oxazole rings is 1. The van der Waals surface area contributed by atoms with Gasteiger partial charge in [0, 0.05) is 27.1 Å². The predicted octanol–water partition coefficient (Wildman–Crippen LogP) is 1.58. The van der Waals surface area contributed by atoms with Crippen molar-refractivity contribution < 1.29 is 22.0 Å². The standard InChI is InChI=1S/C16H20FN3O4S/c1-19(2)25(21,22)20-7-8-23-15(11-20)16-18-10-14(24-16)9-12-3-5-13(17)6-4-12/h3-6,10,15H,7-9,11H2,1-2H3. The molecule has 136 valence electrons. The van der Waals surface area contributed by atoms with Crippen LogP contribution in [0.1, 0.15) is 23.3 Å². The maximum absolute atomic E-state index is 13.0. The van der Waals surface area contributed by atoms with Crippen molar-refractivity contribution >= 4 is 10.2 Å². The van der Waals surface area contributed by atoms with Crippen molar-refractivity contribution in [2.24, 2.45) is 0 Å².